The van der Waals surface area contributed by atoms with E-state index < -0.39 is 10.0 Å². The summed E-state index contributed by atoms with van der Waals surface area (Å²) in [7, 11) is -3.93. The van der Waals surface area contributed by atoms with Crippen LogP contribution in [0.3, 0.4) is 0 Å². The van der Waals surface area contributed by atoms with E-state index in [4.69, 9.17) is 34.8 Å². The number of hydrazone groups is 1. The molecule has 0 aromatic heterocycles. The fraction of sp³-hybridized carbons (Fsp3) is 0. The van der Waals surface area contributed by atoms with Crippen LogP contribution in [0.25, 0.3) is 0 Å². The second-order valence-electron chi connectivity index (χ2n) is 4.10. The molecule has 0 radical (unpaired) electrons. The van der Waals surface area contributed by atoms with Crippen molar-refractivity contribution in [3.05, 3.63) is 60.6 Å². The van der Waals surface area contributed by atoms with Crippen LogP contribution < -0.4 is 4.83 Å². The van der Waals surface area contributed by atoms with E-state index in [0.29, 0.717) is 0 Å². The molecular weight excluding hydrogens is 481 g/mol. The molecule has 0 aliphatic rings. The van der Waals surface area contributed by atoms with E-state index in [2.05, 4.69) is 32.5 Å². The van der Waals surface area contributed by atoms with Crippen molar-refractivity contribution in [3.63, 3.8) is 0 Å². The molecule has 0 spiro atoms. The largest absolute Gasteiger partial charge is 0.278 e. The number of hydrogen-bond donors (Lipinski definition) is 1. The van der Waals surface area contributed by atoms with E-state index in [1.807, 2.05) is 24.3 Å². The molecule has 2 rings (SSSR count). The molecule has 22 heavy (non-hydrogen) atoms. The highest BCUT2D eigenvalue weighted by Gasteiger charge is 2.19. The van der Waals surface area contributed by atoms with Crippen molar-refractivity contribution < 1.29 is 8.42 Å². The SMILES string of the molecule is O=S(=O)(N/N=C\c1ccc(I)cc1)c1cc(Cl)c(Cl)cc1Cl. The Balaban J connectivity index is 2.21. The summed E-state index contributed by atoms with van der Waals surface area (Å²) in [5.41, 5.74) is 0.753. The maximum atomic E-state index is 12.1. The molecule has 2 aromatic rings. The van der Waals surface area contributed by atoms with Gasteiger partial charge in [0.05, 0.1) is 21.3 Å². The molecular formula is C13H8Cl3IN2O2S. The van der Waals surface area contributed by atoms with Gasteiger partial charge in [-0.05, 0) is 52.4 Å². The summed E-state index contributed by atoms with van der Waals surface area (Å²) in [5, 5.41) is 3.94. The fourth-order valence-corrected chi connectivity index (χ4v) is 3.63. The van der Waals surface area contributed by atoms with Gasteiger partial charge < -0.3 is 0 Å². The van der Waals surface area contributed by atoms with Crippen LogP contribution in [-0.4, -0.2) is 14.6 Å². The topological polar surface area (TPSA) is 58.5 Å². The predicted molar refractivity (Wildman–Crippen MR) is 98.5 cm³/mol. The number of sulfonamides is 1. The molecule has 9 heteroatoms. The minimum atomic E-state index is -3.93. The molecule has 0 saturated carbocycles. The lowest BCUT2D eigenvalue weighted by Crippen LogP contribution is -2.18. The van der Waals surface area contributed by atoms with Crippen molar-refractivity contribution in [2.45, 2.75) is 4.90 Å². The molecule has 0 bridgehead atoms. The van der Waals surface area contributed by atoms with Gasteiger partial charge in [-0.1, -0.05) is 46.9 Å². The predicted octanol–water partition coefficient (Wildman–Crippen LogP) is 4.56. The van der Waals surface area contributed by atoms with Crippen LogP contribution in [-0.2, 0) is 10.0 Å². The molecule has 116 valence electrons. The van der Waals surface area contributed by atoms with Crippen molar-refractivity contribution in [3.8, 4) is 0 Å². The van der Waals surface area contributed by atoms with Crippen LogP contribution in [0.15, 0.2) is 46.4 Å². The monoisotopic (exact) mass is 488 g/mol. The van der Waals surface area contributed by atoms with Gasteiger partial charge in [0.15, 0.2) is 0 Å². The Kier molecular flexibility index (Phi) is 5.95. The lowest BCUT2D eigenvalue weighted by Gasteiger charge is -2.07. The van der Waals surface area contributed by atoms with Crippen molar-refractivity contribution in [2.75, 3.05) is 0 Å². The lowest BCUT2D eigenvalue weighted by atomic mass is 10.2. The average Bonchev–Trinajstić information content (AvgIpc) is 2.44. The molecule has 0 aliphatic heterocycles. The number of nitrogens with one attached hydrogen (secondary N) is 1. The molecule has 0 aliphatic carbocycles. The molecule has 0 saturated heterocycles. The average molecular weight is 490 g/mol. The number of halogens is 4. The van der Waals surface area contributed by atoms with E-state index >= 15 is 0 Å². The van der Waals surface area contributed by atoms with Gasteiger partial charge in [-0.3, -0.25) is 0 Å². The molecule has 0 atom stereocenters. The molecule has 0 fully saturated rings. The van der Waals surface area contributed by atoms with Gasteiger partial charge in [-0.15, -0.1) is 0 Å². The Morgan fingerprint density at radius 2 is 1.59 bits per heavy atom. The van der Waals surface area contributed by atoms with Crippen LogP contribution in [0.4, 0.5) is 0 Å². The first-order chi connectivity index (χ1) is 10.3. The maximum absolute atomic E-state index is 12.1. The normalized spacial score (nSPS) is 11.8. The molecule has 0 amide bonds. The third-order valence-electron chi connectivity index (χ3n) is 2.52. The molecule has 2 aromatic carbocycles. The number of rotatable bonds is 4. The van der Waals surface area contributed by atoms with Crippen molar-refractivity contribution in [2.24, 2.45) is 5.10 Å². The minimum absolute atomic E-state index is 0.0358. The zero-order valence-electron chi connectivity index (χ0n) is 10.7. The Labute approximate surface area is 156 Å². The number of nitrogens with zero attached hydrogens (tertiary/aromatic N) is 1. The lowest BCUT2D eigenvalue weighted by molar-refractivity contribution is 0.585. The summed E-state index contributed by atoms with van der Waals surface area (Å²) in [6.07, 6.45) is 1.39. The van der Waals surface area contributed by atoms with Gasteiger partial charge in [-0.25, -0.2) is 4.83 Å². The second-order valence-corrected chi connectivity index (χ2v) is 8.20. The van der Waals surface area contributed by atoms with Crippen LogP contribution in [0.5, 0.6) is 0 Å². The van der Waals surface area contributed by atoms with Crippen LogP contribution in [0, 0.1) is 3.57 Å². The van der Waals surface area contributed by atoms with Crippen LogP contribution in [0.2, 0.25) is 15.1 Å². The Morgan fingerprint density at radius 1 is 1.00 bits per heavy atom. The van der Waals surface area contributed by atoms with Gasteiger partial charge in [0, 0.05) is 3.57 Å². The van der Waals surface area contributed by atoms with E-state index in [-0.39, 0.29) is 20.0 Å². The first-order valence-electron chi connectivity index (χ1n) is 5.74. The van der Waals surface area contributed by atoms with E-state index in [1.165, 1.54) is 18.3 Å². The number of hydrogen-bond acceptors (Lipinski definition) is 3. The summed E-state index contributed by atoms with van der Waals surface area (Å²) in [4.78, 5) is 1.89. The van der Waals surface area contributed by atoms with Gasteiger partial charge in [0.25, 0.3) is 10.0 Å². The van der Waals surface area contributed by atoms with E-state index in [9.17, 15) is 8.42 Å². The van der Waals surface area contributed by atoms with Crippen molar-refractivity contribution in [1.82, 2.24) is 4.83 Å². The minimum Gasteiger partial charge on any atom is -0.200 e. The molecule has 1 N–H and O–H groups in total. The second kappa shape index (κ2) is 7.35. The fourth-order valence-electron chi connectivity index (χ4n) is 1.48. The smallest absolute Gasteiger partial charge is 0.200 e. The number of benzene rings is 2. The highest BCUT2D eigenvalue weighted by atomic mass is 127. The van der Waals surface area contributed by atoms with E-state index in [0.717, 1.165) is 9.13 Å². The molecule has 0 heterocycles. The highest BCUT2D eigenvalue weighted by molar-refractivity contribution is 14.1. The van der Waals surface area contributed by atoms with Gasteiger partial charge in [-0.2, -0.15) is 13.5 Å². The van der Waals surface area contributed by atoms with Crippen molar-refractivity contribution in [1.29, 1.82) is 0 Å². The van der Waals surface area contributed by atoms with Crippen LogP contribution >= 0.6 is 57.4 Å². The van der Waals surface area contributed by atoms with Gasteiger partial charge in [0.2, 0.25) is 0 Å². The first-order valence-corrected chi connectivity index (χ1v) is 9.44. The van der Waals surface area contributed by atoms with E-state index in [1.54, 1.807) is 0 Å². The Hall–Kier alpha value is -0.540. The third kappa shape index (κ3) is 4.48. The third-order valence-corrected chi connectivity index (χ3v) is 5.65. The quantitative estimate of drug-likeness (QED) is 0.296. The zero-order chi connectivity index (χ0) is 16.3. The standard InChI is InChI=1S/C13H8Cl3IN2O2S/c14-10-5-12(16)13(6-11(10)15)22(20,21)19-18-7-8-1-3-9(17)4-2-8/h1-7,19H/b18-7-. The Morgan fingerprint density at radius 3 is 2.23 bits per heavy atom. The van der Waals surface area contributed by atoms with Gasteiger partial charge in [0.1, 0.15) is 4.90 Å². The summed E-state index contributed by atoms with van der Waals surface area (Å²) in [6.45, 7) is 0. The van der Waals surface area contributed by atoms with Crippen molar-refractivity contribution >= 4 is 73.6 Å². The summed E-state index contributed by atoms with van der Waals surface area (Å²) in [6, 6.07) is 9.83. The summed E-state index contributed by atoms with van der Waals surface area (Å²) < 4.78 is 25.4. The van der Waals surface area contributed by atoms with Crippen LogP contribution in [0.1, 0.15) is 5.56 Å². The first kappa shape index (κ1) is 17.8. The molecule has 0 unspecified atom stereocenters. The summed E-state index contributed by atoms with van der Waals surface area (Å²) >= 11 is 19.6. The maximum Gasteiger partial charge on any atom is 0.278 e. The Bertz CT molecular complexity index is 824. The molecule has 4 nitrogen and oxygen atoms in total. The summed E-state index contributed by atoms with van der Waals surface area (Å²) in [5.74, 6) is 0. The highest BCUT2D eigenvalue weighted by Crippen LogP contribution is 2.31. The zero-order valence-corrected chi connectivity index (χ0v) is 16.0. The van der Waals surface area contributed by atoms with Gasteiger partial charge >= 0.3 is 0 Å².